The van der Waals surface area contributed by atoms with Gasteiger partial charge < -0.3 is 9.64 Å². The van der Waals surface area contributed by atoms with Gasteiger partial charge in [-0.3, -0.25) is 4.98 Å². The summed E-state index contributed by atoms with van der Waals surface area (Å²) in [6.07, 6.45) is 7.69. The van der Waals surface area contributed by atoms with Gasteiger partial charge in [0.2, 0.25) is 5.95 Å². The first kappa shape index (κ1) is 13.0. The molecule has 5 heteroatoms. The molecule has 1 fully saturated rings. The third-order valence-electron chi connectivity index (χ3n) is 3.35. The van der Waals surface area contributed by atoms with E-state index in [9.17, 15) is 0 Å². The second-order valence-electron chi connectivity index (χ2n) is 5.17. The van der Waals surface area contributed by atoms with Gasteiger partial charge >= 0.3 is 0 Å². The lowest BCUT2D eigenvalue weighted by molar-refractivity contribution is -0.00571. The molecule has 0 saturated carbocycles. The van der Waals surface area contributed by atoms with Crippen molar-refractivity contribution in [3.63, 3.8) is 0 Å². The molecule has 104 valence electrons. The standard InChI is InChI=1S/C15H18N4O/c1-11-9-19(10-12(2)20-11)15-17-7-14(8-18-15)13-3-5-16-6-4-13/h3-8,11-12H,9-10H2,1-2H3. The number of morpholine rings is 1. The molecule has 0 aromatic carbocycles. The van der Waals surface area contributed by atoms with E-state index in [0.717, 1.165) is 30.2 Å². The van der Waals surface area contributed by atoms with Crippen molar-refractivity contribution in [2.24, 2.45) is 0 Å². The number of hydrogen-bond acceptors (Lipinski definition) is 5. The minimum absolute atomic E-state index is 0.210. The van der Waals surface area contributed by atoms with Crippen molar-refractivity contribution < 1.29 is 4.74 Å². The Hall–Kier alpha value is -2.01. The van der Waals surface area contributed by atoms with Crippen LogP contribution >= 0.6 is 0 Å². The van der Waals surface area contributed by atoms with E-state index in [1.807, 2.05) is 24.5 Å². The van der Waals surface area contributed by atoms with E-state index in [4.69, 9.17) is 4.74 Å². The van der Waals surface area contributed by atoms with Gasteiger partial charge in [0.1, 0.15) is 0 Å². The van der Waals surface area contributed by atoms with Gasteiger partial charge in [0, 0.05) is 43.4 Å². The molecule has 0 amide bonds. The molecule has 5 nitrogen and oxygen atoms in total. The molecule has 1 saturated heterocycles. The molecule has 3 rings (SSSR count). The van der Waals surface area contributed by atoms with Crippen LogP contribution in [0, 0.1) is 0 Å². The Bertz CT molecular complexity index is 548. The summed E-state index contributed by atoms with van der Waals surface area (Å²) in [5.41, 5.74) is 2.08. The molecule has 20 heavy (non-hydrogen) atoms. The van der Waals surface area contributed by atoms with Crippen molar-refractivity contribution in [3.05, 3.63) is 36.9 Å². The molecule has 1 aliphatic heterocycles. The van der Waals surface area contributed by atoms with Crippen LogP contribution in [0.15, 0.2) is 36.9 Å². The van der Waals surface area contributed by atoms with Gasteiger partial charge in [0.05, 0.1) is 12.2 Å². The van der Waals surface area contributed by atoms with Gasteiger partial charge in [0.25, 0.3) is 0 Å². The van der Waals surface area contributed by atoms with Crippen molar-refractivity contribution in [3.8, 4) is 11.1 Å². The lowest BCUT2D eigenvalue weighted by Gasteiger charge is -2.35. The Labute approximate surface area is 118 Å². The molecule has 3 heterocycles. The second kappa shape index (κ2) is 5.54. The predicted molar refractivity (Wildman–Crippen MR) is 77.5 cm³/mol. The highest BCUT2D eigenvalue weighted by Gasteiger charge is 2.23. The van der Waals surface area contributed by atoms with Crippen LogP contribution in [-0.2, 0) is 4.74 Å². The number of pyridine rings is 1. The van der Waals surface area contributed by atoms with Crippen LogP contribution in [0.1, 0.15) is 13.8 Å². The SMILES string of the molecule is CC1CN(c2ncc(-c3ccncc3)cn2)CC(C)O1. The third kappa shape index (κ3) is 2.77. The van der Waals surface area contributed by atoms with Crippen LogP contribution in [0.2, 0.25) is 0 Å². The second-order valence-corrected chi connectivity index (χ2v) is 5.17. The summed E-state index contributed by atoms with van der Waals surface area (Å²) in [7, 11) is 0. The molecule has 2 unspecified atom stereocenters. The maximum Gasteiger partial charge on any atom is 0.225 e. The maximum absolute atomic E-state index is 5.73. The summed E-state index contributed by atoms with van der Waals surface area (Å²) in [5, 5.41) is 0. The Kier molecular flexibility index (Phi) is 3.60. The molecule has 0 radical (unpaired) electrons. The van der Waals surface area contributed by atoms with Crippen LogP contribution < -0.4 is 4.90 Å². The summed E-state index contributed by atoms with van der Waals surface area (Å²) in [5.74, 6) is 0.768. The normalized spacial score (nSPS) is 22.8. The lowest BCUT2D eigenvalue weighted by atomic mass is 10.1. The molecular weight excluding hydrogens is 252 g/mol. The fourth-order valence-electron chi connectivity index (χ4n) is 2.52. The van der Waals surface area contributed by atoms with E-state index in [1.165, 1.54) is 0 Å². The predicted octanol–water partition coefficient (Wildman–Crippen LogP) is 2.15. The van der Waals surface area contributed by atoms with Crippen LogP contribution in [0.25, 0.3) is 11.1 Å². The summed E-state index contributed by atoms with van der Waals surface area (Å²) in [6, 6.07) is 3.91. The average molecular weight is 270 g/mol. The van der Waals surface area contributed by atoms with E-state index in [1.54, 1.807) is 12.4 Å². The van der Waals surface area contributed by atoms with E-state index in [-0.39, 0.29) is 12.2 Å². The van der Waals surface area contributed by atoms with Crippen molar-refractivity contribution >= 4 is 5.95 Å². The first-order valence-corrected chi connectivity index (χ1v) is 6.85. The molecule has 0 aliphatic carbocycles. The number of rotatable bonds is 2. The van der Waals surface area contributed by atoms with Gasteiger partial charge in [-0.25, -0.2) is 9.97 Å². The highest BCUT2D eigenvalue weighted by Crippen LogP contribution is 2.20. The molecule has 0 bridgehead atoms. The lowest BCUT2D eigenvalue weighted by Crippen LogP contribution is -2.46. The average Bonchev–Trinajstić information content (AvgIpc) is 2.47. The summed E-state index contributed by atoms with van der Waals surface area (Å²) in [6.45, 7) is 5.82. The number of hydrogen-bond donors (Lipinski definition) is 0. The zero-order chi connectivity index (χ0) is 13.9. The Morgan fingerprint density at radius 1 is 1.00 bits per heavy atom. The van der Waals surface area contributed by atoms with Gasteiger partial charge in [-0.2, -0.15) is 0 Å². The molecule has 2 atom stereocenters. The smallest absolute Gasteiger partial charge is 0.225 e. The van der Waals surface area contributed by atoms with Gasteiger partial charge in [-0.05, 0) is 31.5 Å². The van der Waals surface area contributed by atoms with Crippen molar-refractivity contribution in [2.45, 2.75) is 26.1 Å². The maximum atomic E-state index is 5.73. The quantitative estimate of drug-likeness (QED) is 0.837. The number of ether oxygens (including phenoxy) is 1. The first-order valence-electron chi connectivity index (χ1n) is 6.85. The highest BCUT2D eigenvalue weighted by molar-refractivity contribution is 5.61. The van der Waals surface area contributed by atoms with Crippen molar-refractivity contribution in [1.82, 2.24) is 15.0 Å². The summed E-state index contributed by atoms with van der Waals surface area (Å²) < 4.78 is 5.73. The Morgan fingerprint density at radius 3 is 2.20 bits per heavy atom. The topological polar surface area (TPSA) is 51.1 Å². The van der Waals surface area contributed by atoms with Crippen LogP contribution in [0.4, 0.5) is 5.95 Å². The van der Waals surface area contributed by atoms with Crippen LogP contribution in [0.5, 0.6) is 0 Å². The van der Waals surface area contributed by atoms with E-state index < -0.39 is 0 Å². The minimum Gasteiger partial charge on any atom is -0.372 e. The molecule has 0 N–H and O–H groups in total. The van der Waals surface area contributed by atoms with Gasteiger partial charge in [0.15, 0.2) is 0 Å². The highest BCUT2D eigenvalue weighted by atomic mass is 16.5. The number of anilines is 1. The number of aromatic nitrogens is 3. The molecule has 2 aromatic rings. The van der Waals surface area contributed by atoms with Crippen LogP contribution in [0.3, 0.4) is 0 Å². The fourth-order valence-corrected chi connectivity index (χ4v) is 2.52. The van der Waals surface area contributed by atoms with E-state index >= 15 is 0 Å². The third-order valence-corrected chi connectivity index (χ3v) is 3.35. The number of nitrogens with zero attached hydrogens (tertiary/aromatic N) is 4. The monoisotopic (exact) mass is 270 g/mol. The zero-order valence-corrected chi connectivity index (χ0v) is 11.7. The summed E-state index contributed by atoms with van der Waals surface area (Å²) >= 11 is 0. The first-order chi connectivity index (χ1) is 9.72. The van der Waals surface area contributed by atoms with E-state index in [2.05, 4.69) is 33.7 Å². The van der Waals surface area contributed by atoms with Crippen molar-refractivity contribution in [2.75, 3.05) is 18.0 Å². The van der Waals surface area contributed by atoms with Gasteiger partial charge in [-0.15, -0.1) is 0 Å². The van der Waals surface area contributed by atoms with Gasteiger partial charge in [-0.1, -0.05) is 0 Å². The molecular formula is C15H18N4O. The molecule has 2 aromatic heterocycles. The molecule has 0 spiro atoms. The zero-order valence-electron chi connectivity index (χ0n) is 11.7. The Morgan fingerprint density at radius 2 is 1.60 bits per heavy atom. The minimum atomic E-state index is 0.210. The summed E-state index contributed by atoms with van der Waals surface area (Å²) in [4.78, 5) is 15.2. The largest absolute Gasteiger partial charge is 0.372 e. The van der Waals surface area contributed by atoms with Crippen molar-refractivity contribution in [1.29, 1.82) is 0 Å². The molecule has 1 aliphatic rings. The van der Waals surface area contributed by atoms with E-state index in [0.29, 0.717) is 0 Å². The Balaban J connectivity index is 1.79. The fraction of sp³-hybridized carbons (Fsp3) is 0.400. The van der Waals surface area contributed by atoms with Crippen LogP contribution in [-0.4, -0.2) is 40.2 Å².